The Bertz CT molecular complexity index is 805. The van der Waals surface area contributed by atoms with Crippen molar-refractivity contribution in [2.24, 2.45) is 0 Å². The number of amides is 1. The van der Waals surface area contributed by atoms with E-state index in [2.05, 4.69) is 26.1 Å². The first kappa shape index (κ1) is 20.4. The Morgan fingerprint density at radius 1 is 1.04 bits per heavy atom. The second-order valence-electron chi connectivity index (χ2n) is 7.99. The molecule has 1 atom stereocenters. The quantitative estimate of drug-likeness (QED) is 0.860. The van der Waals surface area contributed by atoms with Crippen LogP contribution in [0.4, 0.5) is 8.78 Å². The van der Waals surface area contributed by atoms with Crippen LogP contribution in [0.5, 0.6) is 0 Å². The lowest BCUT2D eigenvalue weighted by atomic mass is 9.86. The Morgan fingerprint density at radius 3 is 2.14 bits per heavy atom. The van der Waals surface area contributed by atoms with E-state index in [0.717, 1.165) is 17.7 Å². The van der Waals surface area contributed by atoms with E-state index >= 15 is 0 Å². The molecule has 1 heterocycles. The number of ether oxygens (including phenoxy) is 1. The van der Waals surface area contributed by atoms with Gasteiger partial charge in [0.2, 0.25) is 0 Å². The molecule has 1 amide bonds. The van der Waals surface area contributed by atoms with Gasteiger partial charge in [-0.1, -0.05) is 51.1 Å². The van der Waals surface area contributed by atoms with Crippen molar-refractivity contribution >= 4 is 5.91 Å². The van der Waals surface area contributed by atoms with Gasteiger partial charge in [0.15, 0.2) is 0 Å². The summed E-state index contributed by atoms with van der Waals surface area (Å²) in [5.74, 6) is -2.52. The number of nitrogens with one attached hydrogen (secondary N) is 1. The predicted molar refractivity (Wildman–Crippen MR) is 104 cm³/mol. The maximum atomic E-state index is 14.0. The molecule has 0 aromatic heterocycles. The van der Waals surface area contributed by atoms with Gasteiger partial charge in [-0.05, 0) is 28.7 Å². The van der Waals surface area contributed by atoms with E-state index < -0.39 is 29.3 Å². The standard InChI is InChI=1S/C22H26F2N2O2/c1-22(2,3)16-9-7-15(8-10-16)20(26-11-13-28-14-12-26)25-21(27)19-17(23)5-4-6-18(19)24/h4-10,20H,11-14H2,1-3H3,(H,25,27). The molecule has 0 radical (unpaired) electrons. The second kappa shape index (κ2) is 8.37. The molecule has 6 heteroatoms. The zero-order valence-electron chi connectivity index (χ0n) is 16.5. The van der Waals surface area contributed by atoms with Gasteiger partial charge < -0.3 is 10.1 Å². The monoisotopic (exact) mass is 388 g/mol. The Kier molecular flexibility index (Phi) is 6.10. The van der Waals surface area contributed by atoms with Crippen molar-refractivity contribution in [2.75, 3.05) is 26.3 Å². The fraction of sp³-hybridized carbons (Fsp3) is 0.409. The van der Waals surface area contributed by atoms with Gasteiger partial charge in [-0.15, -0.1) is 0 Å². The molecule has 0 aliphatic carbocycles. The van der Waals surface area contributed by atoms with Crippen LogP contribution in [0.25, 0.3) is 0 Å². The molecule has 2 aromatic rings. The minimum absolute atomic E-state index is 0.00648. The number of hydrogen-bond acceptors (Lipinski definition) is 3. The van der Waals surface area contributed by atoms with Crippen LogP contribution in [0.1, 0.15) is 48.4 Å². The molecule has 1 fully saturated rings. The summed E-state index contributed by atoms with van der Waals surface area (Å²) in [4.78, 5) is 14.7. The fourth-order valence-electron chi connectivity index (χ4n) is 3.30. The lowest BCUT2D eigenvalue weighted by molar-refractivity contribution is 0.00837. The van der Waals surface area contributed by atoms with Gasteiger partial charge in [0, 0.05) is 13.1 Å². The molecule has 150 valence electrons. The van der Waals surface area contributed by atoms with E-state index in [-0.39, 0.29) is 5.41 Å². The summed E-state index contributed by atoms with van der Waals surface area (Å²) in [6.45, 7) is 8.71. The second-order valence-corrected chi connectivity index (χ2v) is 7.99. The smallest absolute Gasteiger partial charge is 0.258 e. The molecule has 1 saturated heterocycles. The Morgan fingerprint density at radius 2 is 1.61 bits per heavy atom. The molecule has 1 unspecified atom stereocenters. The maximum Gasteiger partial charge on any atom is 0.258 e. The molecular formula is C22H26F2N2O2. The molecule has 1 N–H and O–H groups in total. The number of halogens is 2. The topological polar surface area (TPSA) is 41.6 Å². The van der Waals surface area contributed by atoms with Gasteiger partial charge in [0.05, 0.1) is 13.2 Å². The average molecular weight is 388 g/mol. The lowest BCUT2D eigenvalue weighted by Gasteiger charge is -2.35. The van der Waals surface area contributed by atoms with Crippen LogP contribution < -0.4 is 5.32 Å². The van der Waals surface area contributed by atoms with Crippen molar-refractivity contribution in [3.8, 4) is 0 Å². The summed E-state index contributed by atoms with van der Waals surface area (Å²) in [6, 6.07) is 11.4. The number of nitrogens with zero attached hydrogens (tertiary/aromatic N) is 1. The maximum absolute atomic E-state index is 14.0. The summed E-state index contributed by atoms with van der Waals surface area (Å²) in [5, 5.41) is 2.81. The van der Waals surface area contributed by atoms with Gasteiger partial charge in [-0.2, -0.15) is 0 Å². The highest BCUT2D eigenvalue weighted by Crippen LogP contribution is 2.26. The lowest BCUT2D eigenvalue weighted by Crippen LogP contribution is -2.46. The zero-order chi connectivity index (χ0) is 20.3. The first-order valence-corrected chi connectivity index (χ1v) is 9.44. The van der Waals surface area contributed by atoms with Gasteiger partial charge in [-0.25, -0.2) is 8.78 Å². The van der Waals surface area contributed by atoms with Gasteiger partial charge in [0.1, 0.15) is 23.4 Å². The van der Waals surface area contributed by atoms with E-state index in [1.165, 1.54) is 11.6 Å². The van der Waals surface area contributed by atoms with Crippen molar-refractivity contribution in [1.82, 2.24) is 10.2 Å². The minimum atomic E-state index is -0.874. The van der Waals surface area contributed by atoms with Crippen LogP contribution in [0.15, 0.2) is 42.5 Å². The summed E-state index contributed by atoms with van der Waals surface area (Å²) < 4.78 is 33.5. The minimum Gasteiger partial charge on any atom is -0.379 e. The summed E-state index contributed by atoms with van der Waals surface area (Å²) >= 11 is 0. The molecule has 1 aliphatic rings. The van der Waals surface area contributed by atoms with Crippen molar-refractivity contribution in [3.05, 3.63) is 70.8 Å². The molecule has 2 aromatic carbocycles. The third kappa shape index (κ3) is 4.56. The van der Waals surface area contributed by atoms with Crippen molar-refractivity contribution in [1.29, 1.82) is 0 Å². The summed E-state index contributed by atoms with van der Waals surface area (Å²) in [7, 11) is 0. The third-order valence-corrected chi connectivity index (χ3v) is 4.96. The molecule has 0 saturated carbocycles. The van der Waals surface area contributed by atoms with Crippen molar-refractivity contribution in [2.45, 2.75) is 32.4 Å². The molecule has 3 rings (SSSR count). The highest BCUT2D eigenvalue weighted by atomic mass is 19.1. The van der Waals surface area contributed by atoms with Crippen LogP contribution in [-0.4, -0.2) is 37.1 Å². The fourth-order valence-corrected chi connectivity index (χ4v) is 3.30. The summed E-state index contributed by atoms with van der Waals surface area (Å²) in [5.41, 5.74) is 1.47. The molecule has 0 bridgehead atoms. The van der Waals surface area contributed by atoms with E-state index in [1.807, 2.05) is 29.2 Å². The van der Waals surface area contributed by atoms with E-state index in [9.17, 15) is 13.6 Å². The highest BCUT2D eigenvalue weighted by molar-refractivity contribution is 5.95. The van der Waals surface area contributed by atoms with Crippen LogP contribution in [0.3, 0.4) is 0 Å². The molecular weight excluding hydrogens is 362 g/mol. The first-order valence-electron chi connectivity index (χ1n) is 9.44. The van der Waals surface area contributed by atoms with Crippen LogP contribution in [0.2, 0.25) is 0 Å². The van der Waals surface area contributed by atoms with Crippen LogP contribution >= 0.6 is 0 Å². The Balaban J connectivity index is 1.90. The largest absolute Gasteiger partial charge is 0.379 e. The van der Waals surface area contributed by atoms with Gasteiger partial charge >= 0.3 is 0 Å². The van der Waals surface area contributed by atoms with E-state index in [4.69, 9.17) is 4.74 Å². The Labute approximate surface area is 164 Å². The molecule has 0 spiro atoms. The number of rotatable bonds is 4. The van der Waals surface area contributed by atoms with E-state index in [1.54, 1.807) is 0 Å². The predicted octanol–water partition coefficient (Wildman–Crippen LogP) is 4.02. The van der Waals surface area contributed by atoms with Crippen LogP contribution in [0, 0.1) is 11.6 Å². The number of morpholine rings is 1. The average Bonchev–Trinajstić information content (AvgIpc) is 2.66. The number of hydrogen-bond donors (Lipinski definition) is 1. The SMILES string of the molecule is CC(C)(C)c1ccc(C(NC(=O)c2c(F)cccc2F)N2CCOCC2)cc1. The molecule has 4 nitrogen and oxygen atoms in total. The zero-order valence-corrected chi connectivity index (χ0v) is 16.5. The van der Waals surface area contributed by atoms with Crippen molar-refractivity contribution < 1.29 is 18.3 Å². The molecule has 28 heavy (non-hydrogen) atoms. The van der Waals surface area contributed by atoms with Gasteiger partial charge in [-0.3, -0.25) is 9.69 Å². The normalized spacial score (nSPS) is 16.6. The highest BCUT2D eigenvalue weighted by Gasteiger charge is 2.27. The van der Waals surface area contributed by atoms with Crippen molar-refractivity contribution in [3.63, 3.8) is 0 Å². The third-order valence-electron chi connectivity index (χ3n) is 4.96. The van der Waals surface area contributed by atoms with Gasteiger partial charge in [0.25, 0.3) is 5.91 Å². The number of benzene rings is 2. The molecule has 1 aliphatic heterocycles. The van der Waals surface area contributed by atoms with Crippen LogP contribution in [-0.2, 0) is 10.2 Å². The summed E-state index contributed by atoms with van der Waals surface area (Å²) in [6.07, 6.45) is -0.496. The number of carbonyl (C=O) groups excluding carboxylic acids is 1. The number of carbonyl (C=O) groups is 1. The van der Waals surface area contributed by atoms with E-state index in [0.29, 0.717) is 26.3 Å². The first-order chi connectivity index (χ1) is 13.3. The Hall–Kier alpha value is -2.31.